The number of nitrogens with zero attached hydrogens (tertiary/aromatic N) is 11. The predicted molar refractivity (Wildman–Crippen MR) is 560 cm³/mol. The number of nitrogen functional groups attached to an aromatic ring is 2. The van der Waals surface area contributed by atoms with Crippen molar-refractivity contribution < 1.29 is 19.2 Å². The molecule has 1 saturated heterocycles. The lowest BCUT2D eigenvalue weighted by Gasteiger charge is -2.30. The summed E-state index contributed by atoms with van der Waals surface area (Å²) in [5.41, 5.74) is 35.8. The van der Waals surface area contributed by atoms with Gasteiger partial charge in [0.1, 0.15) is 41.9 Å². The summed E-state index contributed by atoms with van der Waals surface area (Å²) in [6.45, 7) is 54.9. The summed E-state index contributed by atoms with van der Waals surface area (Å²) in [6, 6.07) is 38.1. The number of carbonyl (C=O) groups excluding carboxylic acids is 4. The largest absolute Gasteiger partial charge is 0.398 e. The van der Waals surface area contributed by atoms with E-state index in [0.29, 0.717) is 67.3 Å². The number of thiol groups is 1. The zero-order valence-corrected chi connectivity index (χ0v) is 86.2. The molecule has 9 N–H and O–H groups in total. The second-order valence-corrected chi connectivity index (χ2v) is 42.5. The third-order valence-electron chi connectivity index (χ3n) is 22.1. The molecule has 11 heterocycles. The number of piperidine rings is 1. The maximum Gasteiger partial charge on any atom is 0.298 e. The predicted octanol–water partition coefficient (Wildman–Crippen LogP) is 23.9. The molecule has 0 saturated carbocycles. The molecule has 16 rings (SSSR count). The van der Waals surface area contributed by atoms with Crippen LogP contribution in [0.5, 0.6) is 0 Å². The number of nitrogens with one attached hydrogen (secondary N) is 3. The van der Waals surface area contributed by atoms with Crippen LogP contribution < -0.4 is 33.2 Å². The molecular formula is C99H127Cl2N17O4S8. The Hall–Kier alpha value is -8.46. The van der Waals surface area contributed by atoms with Crippen LogP contribution in [-0.2, 0) is 64.5 Å². The smallest absolute Gasteiger partial charge is 0.298 e. The first kappa shape index (κ1) is 107. The first-order valence-electron chi connectivity index (χ1n) is 44.2. The van der Waals surface area contributed by atoms with Crippen molar-refractivity contribution in [1.29, 1.82) is 10.5 Å². The first-order valence-corrected chi connectivity index (χ1v) is 51.3. The average molecular weight is 1950 g/mol. The summed E-state index contributed by atoms with van der Waals surface area (Å²) in [7, 11) is 0. The van der Waals surface area contributed by atoms with Gasteiger partial charge >= 0.3 is 0 Å². The monoisotopic (exact) mass is 1940 g/mol. The molecule has 7 aromatic heterocycles. The number of aromatic nitrogens is 4. The van der Waals surface area contributed by atoms with Crippen molar-refractivity contribution in [2.45, 2.75) is 243 Å². The summed E-state index contributed by atoms with van der Waals surface area (Å²) in [5, 5.41) is 32.2. The van der Waals surface area contributed by atoms with Gasteiger partial charge in [-0.3, -0.25) is 33.9 Å². The number of hydrogen-bond acceptors (Lipinski definition) is 26. The lowest BCUT2D eigenvalue weighted by atomic mass is 10.0. The second-order valence-electron chi connectivity index (χ2n) is 33.6. The van der Waals surface area contributed by atoms with Crippen molar-refractivity contribution in [3.8, 4) is 43.9 Å². The van der Waals surface area contributed by atoms with Crippen molar-refractivity contribution in [2.24, 2.45) is 5.73 Å². The lowest BCUT2D eigenvalue weighted by Crippen LogP contribution is -2.38. The number of benzene rings is 5. The van der Waals surface area contributed by atoms with E-state index in [-0.39, 0.29) is 30.0 Å². The first-order chi connectivity index (χ1) is 62.0. The Labute approximate surface area is 812 Å². The van der Waals surface area contributed by atoms with E-state index in [1.54, 1.807) is 85.4 Å². The van der Waals surface area contributed by atoms with Gasteiger partial charge in [-0.2, -0.15) is 10.5 Å². The number of amides is 2. The number of thiophene rings is 3. The van der Waals surface area contributed by atoms with Crippen LogP contribution in [0.4, 0.5) is 20.7 Å². The number of rotatable bonds is 19. The molecular weight excluding hydrogens is 1820 g/mol. The van der Waals surface area contributed by atoms with Gasteiger partial charge in [-0.1, -0.05) is 50.8 Å². The molecule has 2 amide bonds. The quantitative estimate of drug-likeness (QED) is 0.00753. The van der Waals surface area contributed by atoms with Crippen molar-refractivity contribution in [3.05, 3.63) is 179 Å². The number of aryl methyl sites for hydroxylation is 5. The molecule has 4 aliphatic heterocycles. The van der Waals surface area contributed by atoms with E-state index in [9.17, 15) is 19.2 Å². The Morgan fingerprint density at radius 2 is 0.946 bits per heavy atom. The van der Waals surface area contributed by atoms with Gasteiger partial charge < -0.3 is 42.9 Å². The van der Waals surface area contributed by atoms with Crippen LogP contribution in [0.2, 0.25) is 0 Å². The SMILES string of the molecule is C=CC(=O)Nc1sc2c(c1-c1nc3cc(C)ccc3s1)CCN(C(C)C)C2.CC(C)N1CCC(=O)CC1.CCC(C)N.CCC(C)NCCC(=O)Nc1sc2c(c1-c1nc3cc(C)ccc3s1)CCN(C(C)C)C2.Cc1ccc(S)c(N)c1.Cc1ccc2sc(-c3c(N)sc4c3CCN(C(C)C)C4)nc2c1.Cc1ccc2sc(CC#N)nc2c1.O=C(Cl)CCCl.[C-]#[N+]CC#N. The topological polar surface area (TPSA) is 299 Å². The van der Waals surface area contributed by atoms with Crippen LogP contribution in [0.3, 0.4) is 0 Å². The zero-order valence-electron chi connectivity index (χ0n) is 78.1. The standard InChI is InChI=1S/C25H34N4OS2.C21H23N3OS2.C18H21N3S2.C10H8N2S.C8H15NO.C7H9NS.C4H11N.C3H4Cl2O.C3H2N2/c1-6-17(5)26-11-9-22(30)28-25-23(18-10-12-29(15(2)3)14-21(18)32-25)24-27-19-13-16(4)7-8-20(19)31-24;1-5-18(25)23-21-19(14-8-9-24(12(2)3)11-17(14)27-21)20-22-15-10-13(4)6-7-16(15)26-20;1-10(2)21-7-6-12-15(9-21)22-17(19)16(12)18-20-13-8-11(3)4-5-14(13)23-18;1-7-2-3-9-8(6-7)12-10(13-9)4-5-11;1-7(2)9-5-3-8(10)4-6-9;1-5-2-3-7(9)6(8)4-5;1-3-4(2)5;4-2-1-3(5)6;1-5-3-2-4/h7-8,13,15,17,26H,6,9-12,14H2,1-5H3,(H,28,30);5-7,10,12H,1,8-9,11H2,2-4H3,(H,23,25);4-5,8,10H,6-7,9,19H2,1-3H3;2-3,6H,4H2,1H3;7H,3-6H2,1-2H3;2-4,9H,8H2,1H3;4H,3,5H2,1-2H3;1-2H2;3H2. The molecule has 2 unspecified atom stereocenters. The van der Waals surface area contributed by atoms with Crippen molar-refractivity contribution in [2.75, 3.05) is 73.8 Å². The summed E-state index contributed by atoms with van der Waals surface area (Å²) < 4.78 is 4.77. The zero-order chi connectivity index (χ0) is 95.2. The Bertz CT molecular complexity index is 5890. The molecule has 21 nitrogen and oxygen atoms in total. The molecule has 130 heavy (non-hydrogen) atoms. The average Bonchev–Trinajstić information content (AvgIpc) is 1.62. The van der Waals surface area contributed by atoms with Gasteiger partial charge in [0, 0.05) is 169 Å². The number of alkyl halides is 1. The Kier molecular flexibility index (Phi) is 43.4. The molecule has 0 radical (unpaired) electrons. The van der Waals surface area contributed by atoms with Crippen molar-refractivity contribution in [3.63, 3.8) is 0 Å². The summed E-state index contributed by atoms with van der Waals surface area (Å²) in [4.78, 5) is 82.0. The van der Waals surface area contributed by atoms with Gasteiger partial charge in [0.2, 0.25) is 17.1 Å². The molecule has 0 bridgehead atoms. The number of likely N-dealkylation sites (tertiary alicyclic amines) is 1. The van der Waals surface area contributed by atoms with E-state index < -0.39 is 0 Å². The fourth-order valence-corrected chi connectivity index (χ4v) is 22.5. The Morgan fingerprint density at radius 3 is 1.31 bits per heavy atom. The minimum Gasteiger partial charge on any atom is -0.398 e. The minimum atomic E-state index is -0.370. The van der Waals surface area contributed by atoms with Crippen LogP contribution in [0.15, 0.2) is 109 Å². The fourth-order valence-electron chi connectivity index (χ4n) is 14.1. The third-order valence-corrected chi connectivity index (χ3v) is 30.3. The Balaban J connectivity index is 0.000000194. The fraction of sp³-hybridized carbons (Fsp3) is 0.444. The molecule has 2 atom stereocenters. The number of thiazole rings is 4. The second kappa shape index (κ2) is 52.8. The molecule has 12 aromatic rings. The number of anilines is 4. The van der Waals surface area contributed by atoms with Crippen LogP contribution in [0, 0.1) is 63.9 Å². The normalized spacial score (nSPS) is 14.0. The summed E-state index contributed by atoms with van der Waals surface area (Å²) in [5.74, 6) is 0.644. The number of nitrogens with two attached hydrogens (primary N) is 3. The van der Waals surface area contributed by atoms with E-state index >= 15 is 0 Å². The van der Waals surface area contributed by atoms with Gasteiger partial charge in [0.15, 0.2) is 0 Å². The molecule has 0 aliphatic carbocycles. The maximum absolute atomic E-state index is 12.8. The highest BCUT2D eigenvalue weighted by atomic mass is 35.5. The van der Waals surface area contributed by atoms with Crippen LogP contribution >= 0.6 is 115 Å². The van der Waals surface area contributed by atoms with Crippen molar-refractivity contribution >= 4 is 200 Å². The molecule has 0 spiro atoms. The van der Waals surface area contributed by atoms with E-state index in [0.717, 1.165) is 181 Å². The van der Waals surface area contributed by atoms with Gasteiger partial charge in [0.05, 0.1) is 58.4 Å². The number of Topliss-reactive ketones (excluding diaryl/α,β-unsaturated/α-hetero) is 1. The van der Waals surface area contributed by atoms with E-state index in [2.05, 4.69) is 234 Å². The number of fused-ring (bicyclic) bond motifs is 7. The molecule has 5 aromatic carbocycles. The van der Waals surface area contributed by atoms with Gasteiger partial charge in [-0.05, 0) is 259 Å². The lowest BCUT2D eigenvalue weighted by molar-refractivity contribution is -0.122. The van der Waals surface area contributed by atoms with Gasteiger partial charge in [0.25, 0.3) is 6.54 Å². The number of ketones is 1. The molecule has 694 valence electrons. The van der Waals surface area contributed by atoms with E-state index in [1.807, 2.05) is 45.0 Å². The van der Waals surface area contributed by atoms with Gasteiger partial charge in [-0.15, -0.1) is 104 Å². The Morgan fingerprint density at radius 1 is 0.554 bits per heavy atom. The maximum atomic E-state index is 12.8. The van der Waals surface area contributed by atoms with Crippen molar-refractivity contribution in [1.82, 2.24) is 44.9 Å². The van der Waals surface area contributed by atoms with E-state index in [1.165, 1.54) is 84.9 Å². The molecule has 4 aliphatic rings. The summed E-state index contributed by atoms with van der Waals surface area (Å²) >= 11 is 26.0. The highest BCUT2D eigenvalue weighted by Gasteiger charge is 2.32. The van der Waals surface area contributed by atoms with Crippen LogP contribution in [-0.4, -0.2) is 150 Å². The van der Waals surface area contributed by atoms with Gasteiger partial charge in [-0.25, -0.2) is 26.5 Å². The summed E-state index contributed by atoms with van der Waals surface area (Å²) in [6.07, 6.45) is 9.21. The van der Waals surface area contributed by atoms with Crippen LogP contribution in [0.1, 0.15) is 186 Å². The van der Waals surface area contributed by atoms with Crippen LogP contribution in [0.25, 0.3) is 77.4 Å². The minimum absolute atomic E-state index is 0.0139. The number of halogens is 2. The highest BCUT2D eigenvalue weighted by molar-refractivity contribution is 7.80. The number of nitriles is 2. The highest BCUT2D eigenvalue weighted by Crippen LogP contribution is 2.49. The number of hydrogen-bond donors (Lipinski definition) is 7. The van der Waals surface area contributed by atoms with E-state index in [4.69, 9.17) is 72.5 Å². The molecule has 31 heteroatoms. The third kappa shape index (κ3) is 31.9. The molecule has 1 fully saturated rings. The number of carbonyl (C=O) groups is 4.